The lowest BCUT2D eigenvalue weighted by atomic mass is 10.0. The second kappa shape index (κ2) is 24.1. The van der Waals surface area contributed by atoms with E-state index in [1.54, 1.807) is 0 Å². The Labute approximate surface area is 216 Å². The molecule has 0 bridgehead atoms. The second-order valence-corrected chi connectivity index (χ2v) is 11.1. The molecule has 1 aliphatic heterocycles. The first-order valence-corrected chi connectivity index (χ1v) is 16.0. The van der Waals surface area contributed by atoms with Crippen molar-refractivity contribution in [1.82, 2.24) is 9.80 Å². The van der Waals surface area contributed by atoms with Gasteiger partial charge in [0, 0.05) is 25.5 Å². The monoisotopic (exact) mass is 477 g/mol. The van der Waals surface area contributed by atoms with Crippen molar-refractivity contribution in [1.29, 1.82) is 0 Å². The van der Waals surface area contributed by atoms with Gasteiger partial charge < -0.3 is 9.80 Å². The van der Waals surface area contributed by atoms with Gasteiger partial charge in [-0.3, -0.25) is 0 Å². The Kier molecular flexibility index (Phi) is 22.2. The molecule has 0 aromatic heterocycles. The molecule has 0 aliphatic carbocycles. The van der Waals surface area contributed by atoms with Crippen LogP contribution in [0.4, 0.5) is 0 Å². The average molecular weight is 477 g/mol. The van der Waals surface area contributed by atoms with Gasteiger partial charge in [0.15, 0.2) is 0 Å². The fourth-order valence-corrected chi connectivity index (χ4v) is 5.55. The predicted molar refractivity (Wildman–Crippen MR) is 154 cm³/mol. The number of rotatable bonds is 26. The molecule has 1 aliphatic rings. The molecule has 1 atom stereocenters. The highest BCUT2D eigenvalue weighted by Gasteiger charge is 2.24. The molecule has 1 heterocycles. The summed E-state index contributed by atoms with van der Waals surface area (Å²) in [6.07, 6.45) is 39.6. The van der Waals surface area contributed by atoms with Gasteiger partial charge in [-0.2, -0.15) is 0 Å². The first-order valence-electron chi connectivity index (χ1n) is 16.0. The third-order valence-electron chi connectivity index (χ3n) is 7.78. The lowest BCUT2D eigenvalue weighted by Crippen LogP contribution is -2.39. The lowest BCUT2D eigenvalue weighted by molar-refractivity contribution is 0.137. The maximum absolute atomic E-state index is 2.67. The van der Waals surface area contributed by atoms with E-state index in [2.05, 4.69) is 43.0 Å². The van der Waals surface area contributed by atoms with E-state index >= 15 is 0 Å². The number of hydrogen-bond acceptors (Lipinski definition) is 2. The largest absolute Gasteiger partial charge is 0.356 e. The summed E-state index contributed by atoms with van der Waals surface area (Å²) in [6.45, 7) is 9.41. The molecule has 0 fully saturated rings. The topological polar surface area (TPSA) is 6.48 Å². The van der Waals surface area contributed by atoms with Crippen LogP contribution in [0.2, 0.25) is 0 Å². The zero-order chi connectivity index (χ0) is 24.5. The molecule has 1 unspecified atom stereocenters. The predicted octanol–water partition coefficient (Wildman–Crippen LogP) is 10.8. The minimum absolute atomic E-state index is 0.640. The zero-order valence-electron chi connectivity index (χ0n) is 24.0. The summed E-state index contributed by atoms with van der Waals surface area (Å²) in [7, 11) is 0. The summed E-state index contributed by atoms with van der Waals surface area (Å²) in [5, 5.41) is 0. The van der Waals surface area contributed by atoms with Crippen LogP contribution in [0.15, 0.2) is 12.4 Å². The zero-order valence-corrected chi connectivity index (χ0v) is 24.0. The van der Waals surface area contributed by atoms with Crippen LogP contribution in [0.5, 0.6) is 0 Å². The van der Waals surface area contributed by atoms with E-state index in [9.17, 15) is 0 Å². The van der Waals surface area contributed by atoms with Crippen LogP contribution in [0.3, 0.4) is 0 Å². The molecular weight excluding hydrogens is 412 g/mol. The maximum atomic E-state index is 2.67. The standard InChI is InChI=1S/C32H64N2/c1-4-7-9-11-13-15-17-18-19-21-23-25-27-32-33(28-6-3)30-31-34(32)29-26-24-22-20-16-14-12-10-8-5-2/h30-32H,4-29H2,1-3H3. The molecule has 0 aromatic rings. The quantitative estimate of drug-likeness (QED) is 0.114. The summed E-state index contributed by atoms with van der Waals surface area (Å²) in [4.78, 5) is 5.29. The molecule has 0 radical (unpaired) electrons. The van der Waals surface area contributed by atoms with Crippen LogP contribution in [-0.4, -0.2) is 29.1 Å². The van der Waals surface area contributed by atoms with Crippen molar-refractivity contribution in [2.75, 3.05) is 13.1 Å². The first-order chi connectivity index (χ1) is 16.8. The molecule has 0 saturated carbocycles. The van der Waals surface area contributed by atoms with E-state index in [0.717, 1.165) is 0 Å². The number of hydrogen-bond donors (Lipinski definition) is 0. The van der Waals surface area contributed by atoms with E-state index in [4.69, 9.17) is 0 Å². The minimum atomic E-state index is 0.640. The summed E-state index contributed by atoms with van der Waals surface area (Å²) < 4.78 is 0. The Morgan fingerprint density at radius 3 is 1.15 bits per heavy atom. The van der Waals surface area contributed by atoms with Crippen molar-refractivity contribution < 1.29 is 0 Å². The van der Waals surface area contributed by atoms with Gasteiger partial charge in [-0.25, -0.2) is 0 Å². The van der Waals surface area contributed by atoms with E-state index in [-0.39, 0.29) is 0 Å². The van der Waals surface area contributed by atoms with Crippen LogP contribution in [0.1, 0.15) is 175 Å². The lowest BCUT2D eigenvalue weighted by Gasteiger charge is -2.33. The number of unbranched alkanes of at least 4 members (excludes halogenated alkanes) is 20. The molecule has 0 aromatic carbocycles. The van der Waals surface area contributed by atoms with Gasteiger partial charge in [0.25, 0.3) is 0 Å². The Bertz CT molecular complexity index is 433. The molecule has 1 rings (SSSR count). The fraction of sp³-hybridized carbons (Fsp3) is 0.938. The molecular formula is C32H64N2. The van der Waals surface area contributed by atoms with E-state index in [1.807, 2.05) is 0 Å². The van der Waals surface area contributed by atoms with Gasteiger partial charge in [0.2, 0.25) is 0 Å². The highest BCUT2D eigenvalue weighted by molar-refractivity contribution is 4.96. The summed E-state index contributed by atoms with van der Waals surface area (Å²) in [6, 6.07) is 0. The highest BCUT2D eigenvalue weighted by atomic mass is 15.4. The molecule has 0 amide bonds. The van der Waals surface area contributed by atoms with E-state index < -0.39 is 0 Å². The normalized spacial score (nSPS) is 15.7. The average Bonchev–Trinajstić information content (AvgIpc) is 3.22. The highest BCUT2D eigenvalue weighted by Crippen LogP contribution is 2.23. The first kappa shape index (κ1) is 31.4. The summed E-state index contributed by atoms with van der Waals surface area (Å²) in [5.41, 5.74) is 0. The Morgan fingerprint density at radius 1 is 0.382 bits per heavy atom. The molecule has 2 heteroatoms. The third-order valence-corrected chi connectivity index (χ3v) is 7.78. The van der Waals surface area contributed by atoms with Crippen molar-refractivity contribution in [3.8, 4) is 0 Å². The smallest absolute Gasteiger partial charge is 0.101 e. The SMILES string of the molecule is CCCCCCCCCCCCCCC1N(CCC)C=CN1CCCCCCCCCCCC. The third kappa shape index (κ3) is 16.9. The van der Waals surface area contributed by atoms with E-state index in [0.29, 0.717) is 6.17 Å². The fourth-order valence-electron chi connectivity index (χ4n) is 5.55. The van der Waals surface area contributed by atoms with Gasteiger partial charge in [0.05, 0.1) is 0 Å². The Morgan fingerprint density at radius 2 is 0.735 bits per heavy atom. The molecule has 2 nitrogen and oxygen atoms in total. The Balaban J connectivity index is 2.05. The van der Waals surface area contributed by atoms with Crippen molar-refractivity contribution in [3.05, 3.63) is 12.4 Å². The Hall–Kier alpha value is -0.660. The molecule has 34 heavy (non-hydrogen) atoms. The van der Waals surface area contributed by atoms with Crippen LogP contribution >= 0.6 is 0 Å². The van der Waals surface area contributed by atoms with Crippen LogP contribution < -0.4 is 0 Å². The van der Waals surface area contributed by atoms with Crippen LogP contribution in [-0.2, 0) is 0 Å². The minimum Gasteiger partial charge on any atom is -0.356 e. The summed E-state index contributed by atoms with van der Waals surface area (Å²) in [5.74, 6) is 0. The van der Waals surface area contributed by atoms with Gasteiger partial charge in [-0.15, -0.1) is 0 Å². The van der Waals surface area contributed by atoms with Crippen molar-refractivity contribution in [2.45, 2.75) is 181 Å². The maximum Gasteiger partial charge on any atom is 0.101 e. The van der Waals surface area contributed by atoms with Crippen LogP contribution in [0.25, 0.3) is 0 Å². The van der Waals surface area contributed by atoms with Crippen molar-refractivity contribution >= 4 is 0 Å². The molecule has 202 valence electrons. The molecule has 0 spiro atoms. The van der Waals surface area contributed by atoms with Crippen molar-refractivity contribution in [2.24, 2.45) is 0 Å². The second-order valence-electron chi connectivity index (χ2n) is 11.1. The van der Waals surface area contributed by atoms with E-state index in [1.165, 1.54) is 167 Å². The number of nitrogens with zero attached hydrogens (tertiary/aromatic N) is 2. The van der Waals surface area contributed by atoms with Gasteiger partial charge >= 0.3 is 0 Å². The van der Waals surface area contributed by atoms with Gasteiger partial charge in [0.1, 0.15) is 6.17 Å². The summed E-state index contributed by atoms with van der Waals surface area (Å²) >= 11 is 0. The molecule has 0 saturated heterocycles. The molecule has 0 N–H and O–H groups in total. The van der Waals surface area contributed by atoms with Gasteiger partial charge in [-0.1, -0.05) is 149 Å². The van der Waals surface area contributed by atoms with Crippen LogP contribution in [0, 0.1) is 0 Å². The van der Waals surface area contributed by atoms with Gasteiger partial charge in [-0.05, 0) is 25.7 Å². The van der Waals surface area contributed by atoms with Crippen molar-refractivity contribution in [3.63, 3.8) is 0 Å².